The molecule has 5 N–H and O–H groups in total. The van der Waals surface area contributed by atoms with Crippen molar-refractivity contribution in [3.05, 3.63) is 24.3 Å². The van der Waals surface area contributed by atoms with Crippen LogP contribution in [0.3, 0.4) is 0 Å². The van der Waals surface area contributed by atoms with Crippen LogP contribution in [0, 0.1) is 0 Å². The first kappa shape index (κ1) is 32.5. The SMILES string of the molecule is COc1cc(SOOCCN(CCS(=O)(=O)O)CCS(=O)(=O)c2cc(OC)c(N)cc2OC)c(OC)cc1N. The van der Waals surface area contributed by atoms with Crippen molar-refractivity contribution in [3.8, 4) is 23.0 Å². The molecule has 0 saturated heterocycles. The third kappa shape index (κ3) is 9.79. The zero-order valence-electron chi connectivity index (χ0n) is 21.9. The number of sulfone groups is 1. The largest absolute Gasteiger partial charge is 0.495 e. The monoisotopic (exact) mass is 611 g/mol. The van der Waals surface area contributed by atoms with Crippen LogP contribution in [-0.2, 0) is 29.2 Å². The molecule has 0 aromatic heterocycles. The summed E-state index contributed by atoms with van der Waals surface area (Å²) in [7, 11) is -2.62. The van der Waals surface area contributed by atoms with Gasteiger partial charge in [0.25, 0.3) is 10.1 Å². The van der Waals surface area contributed by atoms with Crippen LogP contribution in [0.1, 0.15) is 0 Å². The second-order valence-corrected chi connectivity index (χ2v) is 12.3. The van der Waals surface area contributed by atoms with Gasteiger partial charge in [-0.2, -0.15) is 12.8 Å². The standard InChI is InChI=1S/C22H33N3O11S3/c1-31-17-13-21(19(33-3)11-15(17)23)37-36-35-8-5-25(7-10-39(28,29)30)6-9-38(26,27)22-14-18(32-2)16(24)12-20(22)34-4/h11-14H,5-10,23-24H2,1-4H3,(H,28,29,30). The number of ether oxygens (including phenoxy) is 4. The molecule has 0 saturated carbocycles. The second kappa shape index (κ2) is 14.6. The molecule has 2 aromatic carbocycles. The van der Waals surface area contributed by atoms with Crippen molar-refractivity contribution in [3.63, 3.8) is 0 Å². The number of hydrogen-bond acceptors (Lipinski definition) is 14. The van der Waals surface area contributed by atoms with E-state index in [0.717, 1.165) is 12.0 Å². The summed E-state index contributed by atoms with van der Waals surface area (Å²) in [5.41, 5.74) is 12.3. The second-order valence-electron chi connectivity index (χ2n) is 7.91. The average molecular weight is 612 g/mol. The van der Waals surface area contributed by atoms with E-state index in [1.54, 1.807) is 12.1 Å². The number of nitrogens with two attached hydrogens (primary N) is 2. The Morgan fingerprint density at radius 1 is 0.769 bits per heavy atom. The zero-order chi connectivity index (χ0) is 29.2. The van der Waals surface area contributed by atoms with Crippen molar-refractivity contribution in [1.29, 1.82) is 0 Å². The Balaban J connectivity index is 2.05. The molecule has 2 aromatic rings. The molecule has 0 fully saturated rings. The van der Waals surface area contributed by atoms with Gasteiger partial charge >= 0.3 is 0 Å². The van der Waals surface area contributed by atoms with Crippen LogP contribution < -0.4 is 30.4 Å². The number of nitrogen functional groups attached to an aromatic ring is 2. The Labute approximate surface area is 232 Å². The highest BCUT2D eigenvalue weighted by atomic mass is 32.2. The summed E-state index contributed by atoms with van der Waals surface area (Å²) in [5.74, 6) is 0.0353. The van der Waals surface area contributed by atoms with Gasteiger partial charge in [-0.25, -0.2) is 13.3 Å². The maximum absolute atomic E-state index is 13.1. The lowest BCUT2D eigenvalue weighted by molar-refractivity contribution is -0.193. The number of rotatable bonds is 17. The van der Waals surface area contributed by atoms with Crippen LogP contribution in [0.2, 0.25) is 0 Å². The average Bonchev–Trinajstić information content (AvgIpc) is 2.88. The minimum absolute atomic E-state index is 0.0428. The predicted octanol–water partition coefficient (Wildman–Crippen LogP) is 1.50. The molecular formula is C22H33N3O11S3. The van der Waals surface area contributed by atoms with Gasteiger partial charge in [0.05, 0.1) is 74.9 Å². The fourth-order valence-electron chi connectivity index (χ4n) is 3.30. The summed E-state index contributed by atoms with van der Waals surface area (Å²) in [6.07, 6.45) is 0. The number of benzene rings is 2. The molecule has 0 aliphatic carbocycles. The van der Waals surface area contributed by atoms with Crippen LogP contribution in [0.25, 0.3) is 0 Å². The molecule has 0 atom stereocenters. The molecule has 0 spiro atoms. The highest BCUT2D eigenvalue weighted by Gasteiger charge is 2.24. The summed E-state index contributed by atoms with van der Waals surface area (Å²) >= 11 is 0.834. The van der Waals surface area contributed by atoms with Gasteiger partial charge in [-0.1, -0.05) is 0 Å². The highest BCUT2D eigenvalue weighted by molar-refractivity contribution is 7.94. The lowest BCUT2D eigenvalue weighted by atomic mass is 10.3. The smallest absolute Gasteiger partial charge is 0.266 e. The van der Waals surface area contributed by atoms with E-state index in [9.17, 15) is 16.8 Å². The number of hydrogen-bond donors (Lipinski definition) is 3. The van der Waals surface area contributed by atoms with Crippen LogP contribution in [0.5, 0.6) is 23.0 Å². The van der Waals surface area contributed by atoms with E-state index in [4.69, 9.17) is 44.2 Å². The molecule has 0 bridgehead atoms. The van der Waals surface area contributed by atoms with E-state index in [2.05, 4.69) is 0 Å². The Morgan fingerprint density at radius 3 is 1.87 bits per heavy atom. The maximum Gasteiger partial charge on any atom is 0.266 e. The van der Waals surface area contributed by atoms with E-state index in [-0.39, 0.29) is 48.3 Å². The molecule has 14 nitrogen and oxygen atoms in total. The first-order valence-electron chi connectivity index (χ1n) is 11.2. The Bertz CT molecular complexity index is 1320. The molecule has 0 heterocycles. The minimum Gasteiger partial charge on any atom is -0.495 e. The highest BCUT2D eigenvalue weighted by Crippen LogP contribution is 2.37. The normalized spacial score (nSPS) is 11.9. The fraction of sp³-hybridized carbons (Fsp3) is 0.455. The maximum atomic E-state index is 13.1. The van der Waals surface area contributed by atoms with Crippen LogP contribution >= 0.6 is 12.0 Å². The Hall–Kier alpha value is -2.67. The molecule has 0 aliphatic rings. The van der Waals surface area contributed by atoms with Gasteiger partial charge in [-0.05, 0) is 0 Å². The fourth-order valence-corrected chi connectivity index (χ4v) is 5.81. The van der Waals surface area contributed by atoms with Crippen molar-refractivity contribution in [2.45, 2.75) is 9.79 Å². The first-order chi connectivity index (χ1) is 18.3. The van der Waals surface area contributed by atoms with Crippen LogP contribution in [0.15, 0.2) is 34.1 Å². The first-order valence-corrected chi connectivity index (χ1v) is 15.2. The predicted molar refractivity (Wildman–Crippen MR) is 146 cm³/mol. The number of anilines is 2. The van der Waals surface area contributed by atoms with E-state index >= 15 is 0 Å². The van der Waals surface area contributed by atoms with Gasteiger partial charge in [0.15, 0.2) is 9.84 Å². The molecule has 0 unspecified atom stereocenters. The third-order valence-electron chi connectivity index (χ3n) is 5.37. The molecule has 0 aliphatic heterocycles. The molecule has 39 heavy (non-hydrogen) atoms. The minimum atomic E-state index is -4.29. The van der Waals surface area contributed by atoms with Crippen molar-refractivity contribution >= 4 is 43.4 Å². The zero-order valence-corrected chi connectivity index (χ0v) is 24.4. The third-order valence-corrected chi connectivity index (χ3v) is 8.44. The summed E-state index contributed by atoms with van der Waals surface area (Å²) in [6, 6.07) is 5.77. The number of nitrogens with zero attached hydrogens (tertiary/aromatic N) is 1. The summed E-state index contributed by atoms with van der Waals surface area (Å²) in [4.78, 5) is 7.06. The van der Waals surface area contributed by atoms with Crippen LogP contribution in [0.4, 0.5) is 11.4 Å². The van der Waals surface area contributed by atoms with Gasteiger partial charge in [0, 0.05) is 43.9 Å². The summed E-state index contributed by atoms with van der Waals surface area (Å²) < 4.78 is 83.9. The van der Waals surface area contributed by atoms with Gasteiger partial charge in [-0.3, -0.25) is 9.45 Å². The number of methoxy groups -OCH3 is 4. The van der Waals surface area contributed by atoms with Crippen molar-refractivity contribution in [1.82, 2.24) is 4.90 Å². The van der Waals surface area contributed by atoms with Gasteiger partial charge in [0.2, 0.25) is 0 Å². The van der Waals surface area contributed by atoms with Crippen LogP contribution in [-0.4, -0.2) is 92.5 Å². The molecule has 0 radical (unpaired) electrons. The Kier molecular flexibility index (Phi) is 12.2. The topological polar surface area (TPSA) is 199 Å². The Morgan fingerprint density at radius 2 is 1.31 bits per heavy atom. The van der Waals surface area contributed by atoms with Crippen molar-refractivity contribution < 1.29 is 49.6 Å². The van der Waals surface area contributed by atoms with E-state index in [1.807, 2.05) is 0 Å². The van der Waals surface area contributed by atoms with Gasteiger partial charge < -0.3 is 30.4 Å². The molecule has 17 heteroatoms. The van der Waals surface area contributed by atoms with Crippen molar-refractivity contribution in [2.24, 2.45) is 0 Å². The molecule has 220 valence electrons. The summed E-state index contributed by atoms with van der Waals surface area (Å²) in [6.45, 7) is -0.231. The molecule has 0 amide bonds. The van der Waals surface area contributed by atoms with Crippen molar-refractivity contribution in [2.75, 3.05) is 77.7 Å². The molecule has 2 rings (SSSR count). The summed E-state index contributed by atoms with van der Waals surface area (Å²) in [5, 5.41) is 0. The lowest BCUT2D eigenvalue weighted by Crippen LogP contribution is -2.36. The van der Waals surface area contributed by atoms with E-state index in [0.29, 0.717) is 22.1 Å². The quantitative estimate of drug-likeness (QED) is 0.0580. The lowest BCUT2D eigenvalue weighted by Gasteiger charge is -2.21. The van der Waals surface area contributed by atoms with Gasteiger partial charge in [0.1, 0.15) is 27.9 Å². The van der Waals surface area contributed by atoms with Gasteiger partial charge in [-0.15, -0.1) is 0 Å². The van der Waals surface area contributed by atoms with E-state index in [1.165, 1.54) is 45.5 Å². The van der Waals surface area contributed by atoms with E-state index < -0.39 is 31.5 Å². The molecular weight excluding hydrogens is 578 g/mol.